The topological polar surface area (TPSA) is 58.6 Å². The zero-order chi connectivity index (χ0) is 20.2. The molecule has 0 N–H and O–H groups in total. The largest absolute Gasteiger partial charge is 0.456 e. The lowest BCUT2D eigenvalue weighted by Gasteiger charge is -2.35. The third-order valence-electron chi connectivity index (χ3n) is 4.63. The molecule has 4 rings (SSSR count). The van der Waals surface area contributed by atoms with Crippen LogP contribution in [0.25, 0.3) is 0 Å². The van der Waals surface area contributed by atoms with Gasteiger partial charge in [0, 0.05) is 44.1 Å². The molecule has 1 aromatic carbocycles. The van der Waals surface area contributed by atoms with Crippen molar-refractivity contribution in [3.63, 3.8) is 0 Å². The van der Waals surface area contributed by atoms with Gasteiger partial charge in [0.15, 0.2) is 0 Å². The van der Waals surface area contributed by atoms with Gasteiger partial charge in [-0.3, -0.25) is 9.78 Å². The number of benzene rings is 1. The lowest BCUT2D eigenvalue weighted by Crippen LogP contribution is -2.49. The molecule has 3 heterocycles. The Bertz CT molecular complexity index is 991. The maximum absolute atomic E-state index is 12.8. The quantitative estimate of drug-likeness (QED) is 0.610. The van der Waals surface area contributed by atoms with E-state index in [0.29, 0.717) is 59.1 Å². The van der Waals surface area contributed by atoms with Gasteiger partial charge < -0.3 is 14.5 Å². The van der Waals surface area contributed by atoms with Crippen molar-refractivity contribution in [2.75, 3.05) is 31.1 Å². The highest BCUT2D eigenvalue weighted by Crippen LogP contribution is 2.27. The Labute approximate surface area is 178 Å². The lowest BCUT2D eigenvalue weighted by atomic mass is 10.1. The van der Waals surface area contributed by atoms with E-state index >= 15 is 0 Å². The van der Waals surface area contributed by atoms with Crippen molar-refractivity contribution < 1.29 is 9.53 Å². The van der Waals surface area contributed by atoms with Crippen molar-refractivity contribution in [1.29, 1.82) is 0 Å². The zero-order valence-electron chi connectivity index (χ0n) is 15.5. The van der Waals surface area contributed by atoms with Crippen molar-refractivity contribution in [3.8, 4) is 11.5 Å². The molecule has 0 radical (unpaired) electrons. The number of aromatic nitrogens is 2. The van der Waals surface area contributed by atoms with Crippen LogP contribution in [0.1, 0.15) is 10.4 Å². The molecule has 1 amide bonds. The van der Waals surface area contributed by atoms with Crippen molar-refractivity contribution in [1.82, 2.24) is 14.9 Å². The van der Waals surface area contributed by atoms with Crippen molar-refractivity contribution in [2.45, 2.75) is 0 Å². The van der Waals surface area contributed by atoms with Gasteiger partial charge in [-0.1, -0.05) is 23.2 Å². The van der Waals surface area contributed by atoms with E-state index < -0.39 is 0 Å². The van der Waals surface area contributed by atoms with E-state index in [1.54, 1.807) is 55.0 Å². The van der Waals surface area contributed by atoms with Crippen LogP contribution in [0.2, 0.25) is 10.0 Å². The van der Waals surface area contributed by atoms with Crippen molar-refractivity contribution in [2.24, 2.45) is 0 Å². The molecule has 0 unspecified atom stereocenters. The highest BCUT2D eigenvalue weighted by molar-refractivity contribution is 6.36. The molecule has 0 bridgehead atoms. The van der Waals surface area contributed by atoms with Gasteiger partial charge in [-0.05, 0) is 42.5 Å². The Morgan fingerprint density at radius 1 is 0.966 bits per heavy atom. The number of piperazine rings is 1. The molecular weight excluding hydrogens is 411 g/mol. The molecule has 8 heteroatoms. The van der Waals surface area contributed by atoms with E-state index in [1.165, 1.54) is 0 Å². The predicted octanol–water partition coefficient (Wildman–Crippen LogP) is 4.54. The molecule has 29 heavy (non-hydrogen) atoms. The van der Waals surface area contributed by atoms with Gasteiger partial charge in [0.05, 0.1) is 16.2 Å². The number of rotatable bonds is 4. The zero-order valence-corrected chi connectivity index (χ0v) is 17.0. The van der Waals surface area contributed by atoms with Gasteiger partial charge in [-0.2, -0.15) is 0 Å². The van der Waals surface area contributed by atoms with Crippen molar-refractivity contribution >= 4 is 34.9 Å². The Morgan fingerprint density at radius 3 is 2.38 bits per heavy atom. The molecule has 2 aromatic heterocycles. The summed E-state index contributed by atoms with van der Waals surface area (Å²) in [6, 6.07) is 12.4. The van der Waals surface area contributed by atoms with E-state index in [1.807, 2.05) is 11.0 Å². The van der Waals surface area contributed by atoms with Crippen LogP contribution in [-0.2, 0) is 0 Å². The molecule has 1 aliphatic heterocycles. The molecular formula is C21H18Cl2N4O2. The Balaban J connectivity index is 1.37. The van der Waals surface area contributed by atoms with Gasteiger partial charge in [-0.25, -0.2) is 4.98 Å². The molecule has 0 saturated carbocycles. The summed E-state index contributed by atoms with van der Waals surface area (Å²) in [4.78, 5) is 25.0. The Hall–Kier alpha value is -2.83. The van der Waals surface area contributed by atoms with Crippen LogP contribution >= 0.6 is 23.2 Å². The van der Waals surface area contributed by atoms with E-state index in [2.05, 4.69) is 14.9 Å². The van der Waals surface area contributed by atoms with Crippen LogP contribution < -0.4 is 9.64 Å². The van der Waals surface area contributed by atoms with E-state index in [0.717, 1.165) is 0 Å². The summed E-state index contributed by atoms with van der Waals surface area (Å²) in [7, 11) is 0. The summed E-state index contributed by atoms with van der Waals surface area (Å²) in [5, 5.41) is 1.02. The molecule has 1 fully saturated rings. The monoisotopic (exact) mass is 428 g/mol. The van der Waals surface area contributed by atoms with Crippen LogP contribution in [0.5, 0.6) is 11.5 Å². The number of nitrogens with zero attached hydrogens (tertiary/aromatic N) is 4. The second kappa shape index (κ2) is 8.68. The average molecular weight is 429 g/mol. The molecule has 1 saturated heterocycles. The van der Waals surface area contributed by atoms with Crippen LogP contribution in [-0.4, -0.2) is 47.0 Å². The molecule has 148 valence electrons. The van der Waals surface area contributed by atoms with E-state index in [-0.39, 0.29) is 5.91 Å². The van der Waals surface area contributed by atoms with Gasteiger partial charge in [-0.15, -0.1) is 0 Å². The number of hydrogen-bond donors (Lipinski definition) is 0. The molecule has 0 aliphatic carbocycles. The fourth-order valence-electron chi connectivity index (χ4n) is 3.15. The summed E-state index contributed by atoms with van der Waals surface area (Å²) in [6.07, 6.45) is 4.90. The van der Waals surface area contributed by atoms with Gasteiger partial charge in [0.25, 0.3) is 5.91 Å². The summed E-state index contributed by atoms with van der Waals surface area (Å²) in [5.41, 5.74) is 0.625. The second-order valence-electron chi connectivity index (χ2n) is 6.55. The Kier molecular flexibility index (Phi) is 5.83. The lowest BCUT2D eigenvalue weighted by molar-refractivity contribution is 0.0746. The fraction of sp³-hybridized carbons (Fsp3) is 0.190. The first-order valence-electron chi connectivity index (χ1n) is 9.13. The number of halogens is 2. The molecule has 0 atom stereocenters. The van der Waals surface area contributed by atoms with Crippen LogP contribution in [0.15, 0.2) is 61.1 Å². The number of carbonyl (C=O) groups excluding carboxylic acids is 1. The maximum atomic E-state index is 12.8. The number of amides is 1. The highest BCUT2D eigenvalue weighted by atomic mass is 35.5. The Morgan fingerprint density at radius 2 is 1.72 bits per heavy atom. The first-order valence-corrected chi connectivity index (χ1v) is 9.89. The first-order chi connectivity index (χ1) is 14.1. The van der Waals surface area contributed by atoms with Crippen LogP contribution in [0, 0.1) is 0 Å². The molecule has 3 aromatic rings. The van der Waals surface area contributed by atoms with Crippen LogP contribution in [0.3, 0.4) is 0 Å². The molecule has 6 nitrogen and oxygen atoms in total. The highest BCUT2D eigenvalue weighted by Gasteiger charge is 2.24. The van der Waals surface area contributed by atoms with Gasteiger partial charge in [0.2, 0.25) is 0 Å². The van der Waals surface area contributed by atoms with Crippen molar-refractivity contribution in [3.05, 3.63) is 76.7 Å². The minimum Gasteiger partial charge on any atom is -0.456 e. The minimum absolute atomic E-state index is 0.00672. The normalized spacial score (nSPS) is 14.0. The standard InChI is InChI=1S/C21H18Cl2N4O2/c22-16-12-19(23)20(25-13-16)26-8-10-27(11-9-26)21(28)15-3-5-17(6-4-15)29-18-2-1-7-24-14-18/h1-7,12-14H,8-11H2. The van der Waals surface area contributed by atoms with Gasteiger partial charge in [0.1, 0.15) is 17.3 Å². The smallest absolute Gasteiger partial charge is 0.253 e. The molecule has 0 spiro atoms. The summed E-state index contributed by atoms with van der Waals surface area (Å²) < 4.78 is 5.72. The number of ether oxygens (including phenoxy) is 1. The number of hydrogen-bond acceptors (Lipinski definition) is 5. The second-order valence-corrected chi connectivity index (χ2v) is 7.40. The van der Waals surface area contributed by atoms with E-state index in [4.69, 9.17) is 27.9 Å². The minimum atomic E-state index is -0.00672. The number of anilines is 1. The van der Waals surface area contributed by atoms with E-state index in [9.17, 15) is 4.79 Å². The first kappa shape index (κ1) is 19.5. The maximum Gasteiger partial charge on any atom is 0.253 e. The fourth-order valence-corrected chi connectivity index (χ4v) is 3.65. The predicted molar refractivity (Wildman–Crippen MR) is 113 cm³/mol. The summed E-state index contributed by atoms with van der Waals surface area (Å²) in [5.74, 6) is 1.99. The van der Waals surface area contributed by atoms with Crippen LogP contribution in [0.4, 0.5) is 5.82 Å². The number of carbonyl (C=O) groups is 1. The summed E-state index contributed by atoms with van der Waals surface area (Å²) >= 11 is 12.2. The third-order valence-corrected chi connectivity index (χ3v) is 5.11. The summed E-state index contributed by atoms with van der Waals surface area (Å²) in [6.45, 7) is 2.49. The molecule has 1 aliphatic rings. The number of pyridine rings is 2. The third kappa shape index (κ3) is 4.60. The SMILES string of the molecule is O=C(c1ccc(Oc2cccnc2)cc1)N1CCN(c2ncc(Cl)cc2Cl)CC1. The van der Waals surface area contributed by atoms with Gasteiger partial charge >= 0.3 is 0 Å². The average Bonchev–Trinajstić information content (AvgIpc) is 2.75.